The lowest BCUT2D eigenvalue weighted by Gasteiger charge is -2.20. The SMILES string of the molecule is CC([NH2+]CCOC(=O)C1CCCCC1)C(O)c1ccccc1.O=C([O-])C(=O)O. The Kier molecular flexibility index (Phi) is 10.8. The number of hydrogen-bond donors (Lipinski definition) is 3. The van der Waals surface area contributed by atoms with Crippen molar-refractivity contribution in [2.45, 2.75) is 51.2 Å². The molecule has 0 heterocycles. The van der Waals surface area contributed by atoms with Crippen molar-refractivity contribution < 1.29 is 39.8 Å². The van der Waals surface area contributed by atoms with E-state index in [2.05, 4.69) is 0 Å². The molecule has 0 saturated heterocycles. The van der Waals surface area contributed by atoms with Gasteiger partial charge in [0.15, 0.2) is 5.97 Å². The van der Waals surface area contributed by atoms with Gasteiger partial charge in [0, 0.05) is 0 Å². The van der Waals surface area contributed by atoms with Crippen LogP contribution in [0.3, 0.4) is 0 Å². The first-order valence-electron chi connectivity index (χ1n) is 9.50. The molecule has 1 fully saturated rings. The Morgan fingerprint density at radius 1 is 1.18 bits per heavy atom. The highest BCUT2D eigenvalue weighted by molar-refractivity contribution is 6.26. The highest BCUT2D eigenvalue weighted by Crippen LogP contribution is 2.24. The quantitative estimate of drug-likeness (QED) is 0.325. The van der Waals surface area contributed by atoms with Gasteiger partial charge < -0.3 is 30.2 Å². The molecule has 4 N–H and O–H groups in total. The first-order valence-corrected chi connectivity index (χ1v) is 9.50. The van der Waals surface area contributed by atoms with Crippen LogP contribution in [0, 0.1) is 5.92 Å². The second-order valence-electron chi connectivity index (χ2n) is 6.83. The maximum Gasteiger partial charge on any atom is 0.351 e. The number of aliphatic hydroxyl groups is 1. The second kappa shape index (κ2) is 12.9. The summed E-state index contributed by atoms with van der Waals surface area (Å²) in [5.74, 6) is -3.93. The van der Waals surface area contributed by atoms with Crippen LogP contribution in [0.5, 0.6) is 0 Å². The van der Waals surface area contributed by atoms with Gasteiger partial charge in [-0.1, -0.05) is 49.6 Å². The summed E-state index contributed by atoms with van der Waals surface area (Å²) in [6.07, 6.45) is 4.98. The number of aliphatic hydroxyl groups excluding tert-OH is 1. The summed E-state index contributed by atoms with van der Waals surface area (Å²) in [5.41, 5.74) is 0.922. The van der Waals surface area contributed by atoms with Crippen LogP contribution in [-0.4, -0.2) is 47.3 Å². The van der Waals surface area contributed by atoms with Crippen LogP contribution in [0.25, 0.3) is 0 Å². The van der Waals surface area contributed by atoms with Crippen LogP contribution in [0.15, 0.2) is 30.3 Å². The van der Waals surface area contributed by atoms with Crippen LogP contribution in [0.1, 0.15) is 50.7 Å². The molecule has 2 unspecified atom stereocenters. The Balaban J connectivity index is 0.000000568. The standard InChI is InChI=1S/C18H27NO3.C2H2O4/c1-14(17(20)15-8-4-2-5-9-15)19-12-13-22-18(21)16-10-6-3-7-11-16;3-1(4)2(5)6/h2,4-5,8-9,14,16-17,19-20H,3,6-7,10-13H2,1H3;(H,3,4)(H,5,6). The van der Waals surface area contributed by atoms with E-state index in [0.29, 0.717) is 13.2 Å². The third-order valence-electron chi connectivity index (χ3n) is 4.65. The molecule has 0 aliphatic heterocycles. The lowest BCUT2D eigenvalue weighted by Crippen LogP contribution is -2.91. The average Bonchev–Trinajstić information content (AvgIpc) is 2.72. The van der Waals surface area contributed by atoms with Gasteiger partial charge in [0.2, 0.25) is 0 Å². The zero-order chi connectivity index (χ0) is 20.9. The van der Waals surface area contributed by atoms with Crippen molar-refractivity contribution in [3.8, 4) is 0 Å². The van der Waals surface area contributed by atoms with Crippen LogP contribution >= 0.6 is 0 Å². The van der Waals surface area contributed by atoms with E-state index in [9.17, 15) is 9.90 Å². The Morgan fingerprint density at radius 2 is 1.75 bits per heavy atom. The third kappa shape index (κ3) is 8.96. The number of benzene rings is 1. The van der Waals surface area contributed by atoms with E-state index in [0.717, 1.165) is 31.2 Å². The molecular weight excluding hydrogens is 366 g/mol. The van der Waals surface area contributed by atoms with Crippen molar-refractivity contribution in [2.75, 3.05) is 13.2 Å². The molecule has 1 aliphatic rings. The van der Waals surface area contributed by atoms with Gasteiger partial charge in [-0.15, -0.1) is 0 Å². The molecule has 0 radical (unpaired) electrons. The molecule has 0 bridgehead atoms. The summed E-state index contributed by atoms with van der Waals surface area (Å²) in [4.78, 5) is 29.9. The number of aliphatic carboxylic acids is 2. The minimum atomic E-state index is -2.07. The van der Waals surface area contributed by atoms with Crippen LogP contribution in [0.4, 0.5) is 0 Å². The van der Waals surface area contributed by atoms with Gasteiger partial charge in [0.1, 0.15) is 25.3 Å². The Morgan fingerprint density at radius 3 is 2.29 bits per heavy atom. The predicted molar refractivity (Wildman–Crippen MR) is 97.8 cm³/mol. The average molecular weight is 395 g/mol. The van der Waals surface area contributed by atoms with E-state index in [4.69, 9.17) is 24.5 Å². The van der Waals surface area contributed by atoms with Gasteiger partial charge in [-0.05, 0) is 25.3 Å². The lowest BCUT2D eigenvalue weighted by molar-refractivity contribution is -0.695. The van der Waals surface area contributed by atoms with E-state index in [1.165, 1.54) is 6.42 Å². The normalized spacial score (nSPS) is 16.2. The molecule has 1 saturated carbocycles. The first-order chi connectivity index (χ1) is 13.3. The molecule has 0 aromatic heterocycles. The maximum atomic E-state index is 11.9. The summed E-state index contributed by atoms with van der Waals surface area (Å²) >= 11 is 0. The molecule has 2 atom stereocenters. The van der Waals surface area contributed by atoms with Gasteiger partial charge in [-0.3, -0.25) is 4.79 Å². The summed E-state index contributed by atoms with van der Waals surface area (Å²) in [7, 11) is 0. The predicted octanol–water partition coefficient (Wildman–Crippen LogP) is -0.384. The smallest absolute Gasteiger partial charge is 0.351 e. The van der Waals surface area contributed by atoms with Gasteiger partial charge in [-0.25, -0.2) is 4.79 Å². The Labute approximate surface area is 164 Å². The maximum absolute atomic E-state index is 11.9. The zero-order valence-electron chi connectivity index (χ0n) is 16.1. The van der Waals surface area contributed by atoms with Gasteiger partial charge in [0.25, 0.3) is 0 Å². The summed E-state index contributed by atoms with van der Waals surface area (Å²) in [6, 6.07) is 9.69. The minimum Gasteiger partial charge on any atom is -0.539 e. The summed E-state index contributed by atoms with van der Waals surface area (Å²) in [6.45, 7) is 3.09. The molecule has 0 amide bonds. The molecule has 0 spiro atoms. The molecule has 1 aromatic rings. The van der Waals surface area contributed by atoms with E-state index >= 15 is 0 Å². The Hall–Kier alpha value is -2.45. The number of esters is 1. The molecule has 1 aliphatic carbocycles. The number of carbonyl (C=O) groups is 3. The monoisotopic (exact) mass is 395 g/mol. The zero-order valence-corrected chi connectivity index (χ0v) is 16.1. The van der Waals surface area contributed by atoms with Gasteiger partial charge in [-0.2, -0.15) is 0 Å². The molecular formula is C20H29NO7. The molecule has 1 aromatic carbocycles. The van der Waals surface area contributed by atoms with Crippen molar-refractivity contribution in [3.63, 3.8) is 0 Å². The largest absolute Gasteiger partial charge is 0.539 e. The summed E-state index contributed by atoms with van der Waals surface area (Å²) in [5, 5.41) is 28.6. The molecule has 28 heavy (non-hydrogen) atoms. The number of carbonyl (C=O) groups excluding carboxylic acids is 2. The van der Waals surface area contributed by atoms with Gasteiger partial charge in [0.05, 0.1) is 5.92 Å². The fraction of sp³-hybridized carbons (Fsp3) is 0.550. The van der Waals surface area contributed by atoms with E-state index in [1.54, 1.807) is 0 Å². The molecule has 8 heteroatoms. The van der Waals surface area contributed by atoms with Crippen LogP contribution < -0.4 is 10.4 Å². The number of ether oxygens (including phenoxy) is 1. The highest BCUT2D eigenvalue weighted by atomic mass is 16.5. The second-order valence-corrected chi connectivity index (χ2v) is 6.83. The van der Waals surface area contributed by atoms with E-state index in [1.807, 2.05) is 42.6 Å². The van der Waals surface area contributed by atoms with E-state index < -0.39 is 18.0 Å². The molecule has 156 valence electrons. The molecule has 2 rings (SSSR count). The summed E-state index contributed by atoms with van der Waals surface area (Å²) < 4.78 is 5.37. The molecule has 8 nitrogen and oxygen atoms in total. The minimum absolute atomic E-state index is 0.0376. The topological polar surface area (TPSA) is 141 Å². The van der Waals surface area contributed by atoms with Crippen LogP contribution in [-0.2, 0) is 19.1 Å². The van der Waals surface area contributed by atoms with E-state index in [-0.39, 0.29) is 17.9 Å². The van der Waals surface area contributed by atoms with Crippen molar-refractivity contribution in [1.29, 1.82) is 0 Å². The Bertz CT molecular complexity index is 602. The van der Waals surface area contributed by atoms with Crippen molar-refractivity contribution in [3.05, 3.63) is 35.9 Å². The fourth-order valence-electron chi connectivity index (χ4n) is 3.03. The lowest BCUT2D eigenvalue weighted by atomic mass is 9.89. The van der Waals surface area contributed by atoms with Crippen molar-refractivity contribution in [2.24, 2.45) is 5.92 Å². The third-order valence-corrected chi connectivity index (χ3v) is 4.65. The number of carboxylic acids is 2. The number of rotatable bonds is 7. The van der Waals surface area contributed by atoms with Crippen molar-refractivity contribution >= 4 is 17.9 Å². The van der Waals surface area contributed by atoms with Crippen molar-refractivity contribution in [1.82, 2.24) is 0 Å². The number of hydrogen-bond acceptors (Lipinski definition) is 6. The first kappa shape index (κ1) is 23.6. The number of quaternary nitrogens is 1. The van der Waals surface area contributed by atoms with Crippen LogP contribution in [0.2, 0.25) is 0 Å². The number of nitrogens with two attached hydrogens (primary N) is 1. The van der Waals surface area contributed by atoms with Gasteiger partial charge >= 0.3 is 11.9 Å². The fourth-order valence-corrected chi connectivity index (χ4v) is 3.03. The number of carboxylic acid groups (broad SMARTS) is 2. The highest BCUT2D eigenvalue weighted by Gasteiger charge is 2.23.